The predicted octanol–water partition coefficient (Wildman–Crippen LogP) is 3.66. The summed E-state index contributed by atoms with van der Waals surface area (Å²) in [5.74, 6) is -1.26. The van der Waals surface area contributed by atoms with E-state index >= 15 is 0 Å². The summed E-state index contributed by atoms with van der Waals surface area (Å²) < 4.78 is 4.45. The van der Waals surface area contributed by atoms with E-state index < -0.39 is 5.97 Å². The van der Waals surface area contributed by atoms with E-state index in [1.54, 1.807) is 12.2 Å². The average Bonchev–Trinajstić information content (AvgIpc) is 2.60. The fraction of sp³-hybridized carbons (Fsp3) is 0.0526. The van der Waals surface area contributed by atoms with Crippen LogP contribution in [0.1, 0.15) is 11.1 Å². The zero-order valence-electron chi connectivity index (χ0n) is 12.8. The standard InChI is InChI=1S/C10H10O2.C9H8O2/c1-12-10(11)8-7-9-5-3-2-4-6-9;10-9(11)7-6-8-4-2-1-3-5-8/h2-8H,1H3;1-7H,(H,10,11)/b8-7+;7-6+. The number of carboxylic acid groups (broad SMARTS) is 1. The molecule has 2 aromatic rings. The number of ether oxygens (including phenoxy) is 1. The molecule has 0 bridgehead atoms. The van der Waals surface area contributed by atoms with Crippen LogP contribution >= 0.6 is 0 Å². The molecule has 0 atom stereocenters. The summed E-state index contributed by atoms with van der Waals surface area (Å²) in [4.78, 5) is 20.8. The Kier molecular flexibility index (Phi) is 8.23. The molecule has 0 saturated carbocycles. The summed E-state index contributed by atoms with van der Waals surface area (Å²) in [5, 5.41) is 8.29. The van der Waals surface area contributed by atoms with Crippen molar-refractivity contribution in [1.82, 2.24) is 0 Å². The Morgan fingerprint density at radius 2 is 1.26 bits per heavy atom. The number of rotatable bonds is 4. The highest BCUT2D eigenvalue weighted by Crippen LogP contribution is 2.01. The lowest BCUT2D eigenvalue weighted by Crippen LogP contribution is -1.92. The Morgan fingerprint density at radius 3 is 1.65 bits per heavy atom. The summed E-state index contributed by atoms with van der Waals surface area (Å²) in [6.07, 6.45) is 5.79. The van der Waals surface area contributed by atoms with Crippen molar-refractivity contribution in [2.24, 2.45) is 0 Å². The van der Waals surface area contributed by atoms with E-state index in [0.717, 1.165) is 17.2 Å². The van der Waals surface area contributed by atoms with E-state index in [4.69, 9.17) is 5.11 Å². The molecule has 0 spiro atoms. The number of hydrogen-bond donors (Lipinski definition) is 1. The molecule has 1 N–H and O–H groups in total. The van der Waals surface area contributed by atoms with Crippen LogP contribution in [0.3, 0.4) is 0 Å². The van der Waals surface area contributed by atoms with Crippen LogP contribution in [0.2, 0.25) is 0 Å². The first kappa shape index (κ1) is 17.9. The molecule has 0 heterocycles. The van der Waals surface area contributed by atoms with Gasteiger partial charge in [-0.15, -0.1) is 0 Å². The lowest BCUT2D eigenvalue weighted by atomic mass is 10.2. The van der Waals surface area contributed by atoms with Gasteiger partial charge in [0.15, 0.2) is 0 Å². The number of methoxy groups -OCH3 is 1. The molecule has 4 heteroatoms. The molecular formula is C19H18O4. The average molecular weight is 310 g/mol. The van der Waals surface area contributed by atoms with E-state index in [1.165, 1.54) is 13.2 Å². The maximum atomic E-state index is 10.7. The van der Waals surface area contributed by atoms with Crippen molar-refractivity contribution in [2.75, 3.05) is 7.11 Å². The Balaban J connectivity index is 0.000000231. The fourth-order valence-electron chi connectivity index (χ4n) is 1.53. The van der Waals surface area contributed by atoms with Crippen molar-refractivity contribution < 1.29 is 19.4 Å². The SMILES string of the molecule is COC(=O)/C=C/c1ccccc1.O=C(O)/C=C/c1ccccc1. The Bertz CT molecular complexity index is 658. The van der Waals surface area contributed by atoms with Crippen molar-refractivity contribution in [2.45, 2.75) is 0 Å². The van der Waals surface area contributed by atoms with Gasteiger partial charge in [0.05, 0.1) is 7.11 Å². The van der Waals surface area contributed by atoms with Crippen LogP contribution in [0.5, 0.6) is 0 Å². The molecule has 0 unspecified atom stereocenters. The van der Waals surface area contributed by atoms with Crippen molar-refractivity contribution >= 4 is 24.1 Å². The normalized spacial score (nSPS) is 10.1. The van der Waals surface area contributed by atoms with Gasteiger partial charge in [-0.2, -0.15) is 0 Å². The summed E-state index contributed by atoms with van der Waals surface area (Å²) in [6.45, 7) is 0. The molecule has 0 aliphatic heterocycles. The molecule has 0 aromatic heterocycles. The Labute approximate surface area is 135 Å². The predicted molar refractivity (Wildman–Crippen MR) is 90.6 cm³/mol. The van der Waals surface area contributed by atoms with Crippen LogP contribution in [0.25, 0.3) is 12.2 Å². The Hall–Kier alpha value is -3.14. The lowest BCUT2D eigenvalue weighted by molar-refractivity contribution is -0.135. The molecule has 0 saturated heterocycles. The molecule has 118 valence electrons. The highest BCUT2D eigenvalue weighted by atomic mass is 16.5. The van der Waals surface area contributed by atoms with E-state index in [1.807, 2.05) is 60.7 Å². The Morgan fingerprint density at radius 1 is 0.826 bits per heavy atom. The molecule has 2 rings (SSSR count). The van der Waals surface area contributed by atoms with Gasteiger partial charge in [-0.1, -0.05) is 60.7 Å². The lowest BCUT2D eigenvalue weighted by Gasteiger charge is -1.91. The first-order valence-corrected chi connectivity index (χ1v) is 6.89. The summed E-state index contributed by atoms with van der Waals surface area (Å²) in [6, 6.07) is 18.9. The number of carboxylic acids is 1. The second-order valence-electron chi connectivity index (χ2n) is 4.35. The minimum atomic E-state index is -0.922. The summed E-state index contributed by atoms with van der Waals surface area (Å²) in [5.41, 5.74) is 1.89. The summed E-state index contributed by atoms with van der Waals surface area (Å²) >= 11 is 0. The number of carbonyl (C=O) groups excluding carboxylic acids is 1. The highest BCUT2D eigenvalue weighted by molar-refractivity contribution is 5.86. The first-order chi connectivity index (χ1) is 11.1. The van der Waals surface area contributed by atoms with Crippen molar-refractivity contribution in [3.05, 3.63) is 83.9 Å². The zero-order valence-corrected chi connectivity index (χ0v) is 12.8. The third-order valence-corrected chi connectivity index (χ3v) is 2.63. The molecule has 4 nitrogen and oxygen atoms in total. The van der Waals surface area contributed by atoms with E-state index in [2.05, 4.69) is 4.74 Å². The van der Waals surface area contributed by atoms with Gasteiger partial charge in [0.1, 0.15) is 0 Å². The van der Waals surface area contributed by atoms with Gasteiger partial charge in [0, 0.05) is 12.2 Å². The number of carbonyl (C=O) groups is 2. The number of esters is 1. The van der Waals surface area contributed by atoms with E-state index in [0.29, 0.717) is 0 Å². The summed E-state index contributed by atoms with van der Waals surface area (Å²) in [7, 11) is 1.36. The van der Waals surface area contributed by atoms with E-state index in [-0.39, 0.29) is 5.97 Å². The molecular weight excluding hydrogens is 292 g/mol. The molecule has 0 aliphatic rings. The maximum Gasteiger partial charge on any atom is 0.330 e. The molecule has 0 radical (unpaired) electrons. The molecule has 0 aliphatic carbocycles. The van der Waals surface area contributed by atoms with Crippen LogP contribution in [-0.4, -0.2) is 24.2 Å². The monoisotopic (exact) mass is 310 g/mol. The zero-order chi connectivity index (χ0) is 16.9. The van der Waals surface area contributed by atoms with Crippen LogP contribution in [-0.2, 0) is 14.3 Å². The van der Waals surface area contributed by atoms with Gasteiger partial charge >= 0.3 is 11.9 Å². The smallest absolute Gasteiger partial charge is 0.330 e. The van der Waals surface area contributed by atoms with Crippen LogP contribution < -0.4 is 0 Å². The largest absolute Gasteiger partial charge is 0.478 e. The maximum absolute atomic E-state index is 10.7. The third kappa shape index (κ3) is 8.67. The topological polar surface area (TPSA) is 63.6 Å². The van der Waals surface area contributed by atoms with E-state index in [9.17, 15) is 9.59 Å². The van der Waals surface area contributed by atoms with Crippen molar-refractivity contribution in [3.63, 3.8) is 0 Å². The van der Waals surface area contributed by atoms with Gasteiger partial charge in [-0.25, -0.2) is 9.59 Å². The minimum absolute atomic E-state index is 0.334. The second-order valence-corrected chi connectivity index (χ2v) is 4.35. The molecule has 0 fully saturated rings. The van der Waals surface area contributed by atoms with Crippen LogP contribution in [0, 0.1) is 0 Å². The third-order valence-electron chi connectivity index (χ3n) is 2.63. The number of aliphatic carboxylic acids is 1. The van der Waals surface area contributed by atoms with Crippen LogP contribution in [0.4, 0.5) is 0 Å². The highest BCUT2D eigenvalue weighted by Gasteiger charge is 1.89. The van der Waals surface area contributed by atoms with Crippen molar-refractivity contribution in [1.29, 1.82) is 0 Å². The minimum Gasteiger partial charge on any atom is -0.478 e. The quantitative estimate of drug-likeness (QED) is 0.691. The number of hydrogen-bond acceptors (Lipinski definition) is 3. The van der Waals surface area contributed by atoms with Gasteiger partial charge in [0.2, 0.25) is 0 Å². The van der Waals surface area contributed by atoms with Crippen LogP contribution in [0.15, 0.2) is 72.8 Å². The van der Waals surface area contributed by atoms with Crippen molar-refractivity contribution in [3.8, 4) is 0 Å². The molecule has 2 aromatic carbocycles. The first-order valence-electron chi connectivity index (χ1n) is 6.89. The molecule has 23 heavy (non-hydrogen) atoms. The van der Waals surface area contributed by atoms with Gasteiger partial charge in [0.25, 0.3) is 0 Å². The second kappa shape index (κ2) is 10.6. The molecule has 0 amide bonds. The van der Waals surface area contributed by atoms with Gasteiger partial charge in [-0.3, -0.25) is 0 Å². The van der Waals surface area contributed by atoms with Gasteiger partial charge in [-0.05, 0) is 23.3 Å². The fourth-order valence-corrected chi connectivity index (χ4v) is 1.53. The number of benzene rings is 2. The van der Waals surface area contributed by atoms with Gasteiger partial charge < -0.3 is 9.84 Å².